The molecule has 30 heavy (non-hydrogen) atoms. The van der Waals surface area contributed by atoms with E-state index in [2.05, 4.69) is 15.6 Å². The number of fused-ring (bicyclic) bond motifs is 1. The van der Waals surface area contributed by atoms with Gasteiger partial charge in [0.15, 0.2) is 6.61 Å². The molecule has 2 N–H and O–H groups in total. The Kier molecular flexibility index (Phi) is 6.81. The van der Waals surface area contributed by atoms with Crippen molar-refractivity contribution in [2.45, 2.75) is 58.5 Å². The molecule has 0 radical (unpaired) electrons. The molecule has 0 spiro atoms. The van der Waals surface area contributed by atoms with Crippen LogP contribution in [0.1, 0.15) is 55.1 Å². The Labute approximate surface area is 173 Å². The van der Waals surface area contributed by atoms with E-state index < -0.39 is 24.5 Å². The van der Waals surface area contributed by atoms with Gasteiger partial charge in [-0.1, -0.05) is 19.3 Å². The van der Waals surface area contributed by atoms with Gasteiger partial charge in [-0.05, 0) is 44.9 Å². The van der Waals surface area contributed by atoms with Crippen molar-refractivity contribution in [1.82, 2.24) is 20.2 Å². The number of esters is 1. The van der Waals surface area contributed by atoms with Crippen LogP contribution >= 0.6 is 0 Å². The number of imide groups is 1. The lowest BCUT2D eigenvalue weighted by Gasteiger charge is -2.22. The molecule has 0 atom stereocenters. The summed E-state index contributed by atoms with van der Waals surface area (Å²) in [5.74, 6) is -1.42. The Morgan fingerprint density at radius 3 is 2.63 bits per heavy atom. The van der Waals surface area contributed by atoms with E-state index in [-0.39, 0.29) is 17.2 Å². The predicted molar refractivity (Wildman–Crippen MR) is 110 cm³/mol. The summed E-state index contributed by atoms with van der Waals surface area (Å²) >= 11 is 0. The van der Waals surface area contributed by atoms with Crippen molar-refractivity contribution in [1.29, 1.82) is 0 Å². The molecule has 0 saturated heterocycles. The first-order valence-electron chi connectivity index (χ1n) is 10.2. The second-order valence-electron chi connectivity index (χ2n) is 7.38. The molecule has 0 bridgehead atoms. The summed E-state index contributed by atoms with van der Waals surface area (Å²) < 4.78 is 6.59. The standard InChI is InChI=1S/C21H26N4O5/c1-3-25-17-10-9-14(11-16(17)22-13(2)19(25)27)20(28)30-12-18(26)24-21(29)23-15-7-5-4-6-8-15/h9-11,15H,3-8,12H2,1-2H3,(H2,23,24,26,29). The Bertz CT molecular complexity index is 1020. The van der Waals surface area contributed by atoms with Crippen molar-refractivity contribution < 1.29 is 19.1 Å². The quantitative estimate of drug-likeness (QED) is 0.723. The number of nitrogens with one attached hydrogen (secondary N) is 2. The molecule has 0 aliphatic heterocycles. The summed E-state index contributed by atoms with van der Waals surface area (Å²) in [6, 6.07) is 4.15. The second kappa shape index (κ2) is 9.51. The predicted octanol–water partition coefficient (Wildman–Crippen LogP) is 2.04. The third kappa shape index (κ3) is 5.03. The molecule has 1 aromatic heterocycles. The summed E-state index contributed by atoms with van der Waals surface area (Å²) in [6.07, 6.45) is 5.08. The number of aromatic nitrogens is 2. The SMILES string of the molecule is CCn1c(=O)c(C)nc2cc(C(=O)OCC(=O)NC(=O)NC3CCCCC3)ccc21. The summed E-state index contributed by atoms with van der Waals surface area (Å²) in [7, 11) is 0. The van der Waals surface area contributed by atoms with E-state index in [4.69, 9.17) is 4.74 Å². The number of ether oxygens (including phenoxy) is 1. The lowest BCUT2D eigenvalue weighted by molar-refractivity contribution is -0.123. The zero-order valence-electron chi connectivity index (χ0n) is 17.2. The van der Waals surface area contributed by atoms with Crippen molar-refractivity contribution in [3.05, 3.63) is 39.8 Å². The Morgan fingerprint density at radius 1 is 1.20 bits per heavy atom. The topological polar surface area (TPSA) is 119 Å². The van der Waals surface area contributed by atoms with Gasteiger partial charge in [0.1, 0.15) is 5.69 Å². The average molecular weight is 414 g/mol. The van der Waals surface area contributed by atoms with E-state index in [0.717, 1.165) is 32.1 Å². The van der Waals surface area contributed by atoms with Gasteiger partial charge in [0.2, 0.25) is 0 Å². The number of amides is 3. The van der Waals surface area contributed by atoms with Gasteiger partial charge < -0.3 is 14.6 Å². The molecule has 1 fully saturated rings. The minimum absolute atomic E-state index is 0.0724. The smallest absolute Gasteiger partial charge is 0.338 e. The van der Waals surface area contributed by atoms with Crippen LogP contribution in [-0.2, 0) is 16.1 Å². The van der Waals surface area contributed by atoms with Crippen molar-refractivity contribution in [3.8, 4) is 0 Å². The van der Waals surface area contributed by atoms with E-state index in [9.17, 15) is 19.2 Å². The van der Waals surface area contributed by atoms with Crippen LogP contribution < -0.4 is 16.2 Å². The molecule has 1 aliphatic carbocycles. The normalized spacial score (nSPS) is 14.3. The minimum atomic E-state index is -0.714. The summed E-state index contributed by atoms with van der Waals surface area (Å²) in [5.41, 5.74) is 1.46. The molecule has 9 heteroatoms. The zero-order valence-corrected chi connectivity index (χ0v) is 17.2. The van der Waals surface area contributed by atoms with Crippen LogP contribution in [-0.4, -0.2) is 40.1 Å². The van der Waals surface area contributed by atoms with Gasteiger partial charge in [-0.25, -0.2) is 14.6 Å². The number of rotatable bonds is 5. The molecule has 3 amide bonds. The largest absolute Gasteiger partial charge is 0.452 e. The number of nitrogens with zero attached hydrogens (tertiary/aromatic N) is 2. The molecule has 160 valence electrons. The second-order valence-corrected chi connectivity index (χ2v) is 7.38. The summed E-state index contributed by atoms with van der Waals surface area (Å²) in [5, 5.41) is 4.94. The third-order valence-corrected chi connectivity index (χ3v) is 5.19. The van der Waals surface area contributed by atoms with Crippen LogP contribution in [0.25, 0.3) is 11.0 Å². The average Bonchev–Trinajstić information content (AvgIpc) is 2.73. The monoisotopic (exact) mass is 414 g/mol. The van der Waals surface area contributed by atoms with E-state index in [0.29, 0.717) is 23.3 Å². The molecular formula is C21H26N4O5. The van der Waals surface area contributed by atoms with E-state index >= 15 is 0 Å². The fourth-order valence-corrected chi connectivity index (χ4v) is 3.66. The van der Waals surface area contributed by atoms with Gasteiger partial charge in [-0.3, -0.25) is 14.9 Å². The Balaban J connectivity index is 1.58. The van der Waals surface area contributed by atoms with Gasteiger partial charge in [-0.15, -0.1) is 0 Å². The lowest BCUT2D eigenvalue weighted by Crippen LogP contribution is -2.46. The van der Waals surface area contributed by atoms with Crippen LogP contribution in [0.3, 0.4) is 0 Å². The molecule has 1 saturated carbocycles. The van der Waals surface area contributed by atoms with E-state index in [1.165, 1.54) is 12.1 Å². The Morgan fingerprint density at radius 2 is 1.93 bits per heavy atom. The first-order valence-corrected chi connectivity index (χ1v) is 10.2. The summed E-state index contributed by atoms with van der Waals surface area (Å²) in [4.78, 5) is 52.5. The van der Waals surface area contributed by atoms with Crippen LogP contribution in [0.5, 0.6) is 0 Å². The number of hydrogen-bond acceptors (Lipinski definition) is 6. The fourth-order valence-electron chi connectivity index (χ4n) is 3.66. The number of urea groups is 1. The third-order valence-electron chi connectivity index (χ3n) is 5.19. The van der Waals surface area contributed by atoms with Crippen molar-refractivity contribution in [2.24, 2.45) is 0 Å². The number of carbonyl (C=O) groups excluding carboxylic acids is 3. The molecule has 1 aliphatic rings. The highest BCUT2D eigenvalue weighted by Crippen LogP contribution is 2.17. The minimum Gasteiger partial charge on any atom is -0.452 e. The molecule has 9 nitrogen and oxygen atoms in total. The van der Waals surface area contributed by atoms with Gasteiger partial charge in [0.25, 0.3) is 11.5 Å². The van der Waals surface area contributed by atoms with Gasteiger partial charge in [-0.2, -0.15) is 0 Å². The highest BCUT2D eigenvalue weighted by Gasteiger charge is 2.18. The van der Waals surface area contributed by atoms with Crippen LogP contribution in [0.2, 0.25) is 0 Å². The molecule has 0 unspecified atom stereocenters. The summed E-state index contributed by atoms with van der Waals surface area (Å²) in [6.45, 7) is 3.37. The number of carbonyl (C=O) groups is 3. The fraction of sp³-hybridized carbons (Fsp3) is 0.476. The number of hydrogen-bond donors (Lipinski definition) is 2. The van der Waals surface area contributed by atoms with Gasteiger partial charge >= 0.3 is 12.0 Å². The van der Waals surface area contributed by atoms with Crippen molar-refractivity contribution >= 4 is 28.9 Å². The molecular weight excluding hydrogens is 388 g/mol. The molecule has 2 aromatic rings. The van der Waals surface area contributed by atoms with Gasteiger partial charge in [0, 0.05) is 12.6 Å². The maximum Gasteiger partial charge on any atom is 0.338 e. The maximum absolute atomic E-state index is 12.3. The molecule has 1 aromatic carbocycles. The number of benzene rings is 1. The van der Waals surface area contributed by atoms with Crippen molar-refractivity contribution in [2.75, 3.05) is 6.61 Å². The van der Waals surface area contributed by atoms with E-state index in [1.807, 2.05) is 6.92 Å². The number of aryl methyl sites for hydroxylation is 2. The van der Waals surface area contributed by atoms with Crippen LogP contribution in [0.4, 0.5) is 4.79 Å². The highest BCUT2D eigenvalue weighted by molar-refractivity contribution is 5.98. The molecule has 3 rings (SSSR count). The zero-order chi connectivity index (χ0) is 21.7. The van der Waals surface area contributed by atoms with Crippen LogP contribution in [0, 0.1) is 6.92 Å². The van der Waals surface area contributed by atoms with Crippen molar-refractivity contribution in [3.63, 3.8) is 0 Å². The van der Waals surface area contributed by atoms with Crippen LogP contribution in [0.15, 0.2) is 23.0 Å². The van der Waals surface area contributed by atoms with E-state index in [1.54, 1.807) is 17.6 Å². The lowest BCUT2D eigenvalue weighted by atomic mass is 9.96. The first kappa shape index (κ1) is 21.5. The Hall–Kier alpha value is -3.23. The first-order chi connectivity index (χ1) is 14.4. The highest BCUT2D eigenvalue weighted by atomic mass is 16.5. The van der Waals surface area contributed by atoms with Gasteiger partial charge in [0.05, 0.1) is 16.6 Å². The maximum atomic E-state index is 12.3. The molecule has 1 heterocycles.